The maximum atomic E-state index is 11.2. The quantitative estimate of drug-likeness (QED) is 0.871. The van der Waals surface area contributed by atoms with Gasteiger partial charge in [-0.3, -0.25) is 4.79 Å². The van der Waals surface area contributed by atoms with Crippen molar-refractivity contribution in [3.8, 4) is 5.75 Å². The van der Waals surface area contributed by atoms with E-state index in [1.807, 2.05) is 39.8 Å². The number of aromatic nitrogens is 2. The molecule has 0 aliphatic rings. The zero-order valence-electron chi connectivity index (χ0n) is 14.9. The van der Waals surface area contributed by atoms with E-state index in [4.69, 9.17) is 9.26 Å². The highest BCUT2D eigenvalue weighted by Crippen LogP contribution is 2.30. The number of rotatable bonds is 5. The fourth-order valence-electron chi connectivity index (χ4n) is 2.10. The van der Waals surface area contributed by atoms with E-state index >= 15 is 0 Å². The first-order chi connectivity index (χ1) is 11.2. The smallest absolute Gasteiger partial charge is 0.248 e. The maximum absolute atomic E-state index is 11.2. The van der Waals surface area contributed by atoms with Gasteiger partial charge >= 0.3 is 0 Å². The van der Waals surface area contributed by atoms with Crippen LogP contribution in [-0.2, 0) is 10.2 Å². The maximum Gasteiger partial charge on any atom is 0.248 e. The van der Waals surface area contributed by atoms with E-state index in [0.29, 0.717) is 23.2 Å². The summed E-state index contributed by atoms with van der Waals surface area (Å²) in [4.78, 5) is 15.7. The van der Waals surface area contributed by atoms with Crippen LogP contribution in [0.1, 0.15) is 52.4 Å². The van der Waals surface area contributed by atoms with Gasteiger partial charge in [0.15, 0.2) is 5.82 Å². The Balaban J connectivity index is 2.15. The van der Waals surface area contributed by atoms with E-state index in [-0.39, 0.29) is 17.4 Å². The topological polar surface area (TPSA) is 89.3 Å². The number of benzene rings is 1. The third-order valence-corrected chi connectivity index (χ3v) is 3.38. The molecule has 2 rings (SSSR count). The van der Waals surface area contributed by atoms with Gasteiger partial charge in [0, 0.05) is 24.1 Å². The predicted octanol–water partition coefficient (Wildman–Crippen LogP) is 3.51. The van der Waals surface area contributed by atoms with Crippen molar-refractivity contribution in [2.75, 3.05) is 17.7 Å². The van der Waals surface area contributed by atoms with Crippen LogP contribution in [0.15, 0.2) is 22.7 Å². The average molecular weight is 332 g/mol. The van der Waals surface area contributed by atoms with Crippen molar-refractivity contribution in [2.45, 2.75) is 46.1 Å². The van der Waals surface area contributed by atoms with E-state index in [1.54, 1.807) is 13.2 Å². The fraction of sp³-hybridized carbons (Fsp3) is 0.471. The van der Waals surface area contributed by atoms with Crippen molar-refractivity contribution in [3.63, 3.8) is 0 Å². The molecule has 0 radical (unpaired) electrons. The first-order valence-electron chi connectivity index (χ1n) is 7.77. The molecule has 0 fully saturated rings. The summed E-state index contributed by atoms with van der Waals surface area (Å²) in [5.74, 6) is 1.61. The molecule has 0 saturated heterocycles. The molecule has 1 aromatic heterocycles. The van der Waals surface area contributed by atoms with E-state index in [1.165, 1.54) is 6.92 Å². The molecule has 2 N–H and O–H groups in total. The predicted molar refractivity (Wildman–Crippen MR) is 92.3 cm³/mol. The van der Waals surface area contributed by atoms with E-state index in [9.17, 15) is 4.79 Å². The van der Waals surface area contributed by atoms with Crippen LogP contribution in [-0.4, -0.2) is 23.2 Å². The first kappa shape index (κ1) is 17.8. The Labute approximate surface area is 141 Å². The number of amides is 1. The van der Waals surface area contributed by atoms with E-state index in [2.05, 4.69) is 20.8 Å². The van der Waals surface area contributed by atoms with Gasteiger partial charge in [0.1, 0.15) is 11.8 Å². The van der Waals surface area contributed by atoms with Crippen molar-refractivity contribution < 1.29 is 14.1 Å². The molecule has 1 amide bonds. The van der Waals surface area contributed by atoms with Crippen LogP contribution in [0.3, 0.4) is 0 Å². The van der Waals surface area contributed by atoms with Crippen molar-refractivity contribution in [1.82, 2.24) is 10.1 Å². The molecular formula is C17H24N4O3. The Hall–Kier alpha value is -2.57. The van der Waals surface area contributed by atoms with Gasteiger partial charge in [-0.05, 0) is 19.1 Å². The van der Waals surface area contributed by atoms with Gasteiger partial charge in [0.2, 0.25) is 11.8 Å². The first-order valence-corrected chi connectivity index (χ1v) is 7.77. The normalized spacial score (nSPS) is 12.6. The number of hydrogen-bond donors (Lipinski definition) is 2. The van der Waals surface area contributed by atoms with E-state index in [0.717, 1.165) is 5.69 Å². The lowest BCUT2D eigenvalue weighted by atomic mass is 9.96. The van der Waals surface area contributed by atoms with Crippen LogP contribution < -0.4 is 15.4 Å². The van der Waals surface area contributed by atoms with Crippen molar-refractivity contribution >= 4 is 17.3 Å². The van der Waals surface area contributed by atoms with Crippen LogP contribution in [0.4, 0.5) is 11.4 Å². The Morgan fingerprint density at radius 2 is 2.04 bits per heavy atom. The number of nitrogens with one attached hydrogen (secondary N) is 2. The number of carbonyl (C=O) groups is 1. The second kappa shape index (κ2) is 6.90. The Morgan fingerprint density at radius 1 is 1.33 bits per heavy atom. The highest BCUT2D eigenvalue weighted by molar-refractivity contribution is 5.90. The van der Waals surface area contributed by atoms with Gasteiger partial charge in [0.25, 0.3) is 0 Å². The van der Waals surface area contributed by atoms with Gasteiger partial charge in [-0.25, -0.2) is 0 Å². The minimum absolute atomic E-state index is 0.150. The van der Waals surface area contributed by atoms with Gasteiger partial charge in [-0.2, -0.15) is 4.98 Å². The molecule has 2 aromatic rings. The lowest BCUT2D eigenvalue weighted by Crippen LogP contribution is -2.14. The van der Waals surface area contributed by atoms with Crippen LogP contribution in [0.5, 0.6) is 5.75 Å². The number of ether oxygens (including phenoxy) is 1. The molecule has 7 nitrogen and oxygen atoms in total. The van der Waals surface area contributed by atoms with Gasteiger partial charge in [0.05, 0.1) is 12.8 Å². The average Bonchev–Trinajstić information content (AvgIpc) is 2.98. The van der Waals surface area contributed by atoms with Crippen molar-refractivity contribution in [1.29, 1.82) is 0 Å². The minimum atomic E-state index is -0.162. The molecule has 0 aliphatic heterocycles. The molecule has 0 spiro atoms. The molecule has 0 aliphatic carbocycles. The number of hydrogen-bond acceptors (Lipinski definition) is 6. The molecule has 7 heteroatoms. The Morgan fingerprint density at radius 3 is 2.58 bits per heavy atom. The second-order valence-corrected chi connectivity index (χ2v) is 6.67. The molecule has 0 saturated carbocycles. The third-order valence-electron chi connectivity index (χ3n) is 3.38. The van der Waals surface area contributed by atoms with Crippen LogP contribution in [0.25, 0.3) is 0 Å². The SMILES string of the molecule is COc1cc(N[C@@H](C)c2nc(C(C)(C)C)no2)ccc1NC(C)=O. The Bertz CT molecular complexity index is 719. The molecular weight excluding hydrogens is 308 g/mol. The highest BCUT2D eigenvalue weighted by atomic mass is 16.5. The lowest BCUT2D eigenvalue weighted by molar-refractivity contribution is -0.114. The molecule has 130 valence electrons. The third kappa shape index (κ3) is 4.24. The second-order valence-electron chi connectivity index (χ2n) is 6.67. The van der Waals surface area contributed by atoms with Crippen molar-refractivity contribution in [3.05, 3.63) is 29.9 Å². The highest BCUT2D eigenvalue weighted by Gasteiger charge is 2.23. The molecule has 0 unspecified atom stereocenters. The number of nitrogens with zero attached hydrogens (tertiary/aromatic N) is 2. The van der Waals surface area contributed by atoms with Crippen LogP contribution in [0, 0.1) is 0 Å². The lowest BCUT2D eigenvalue weighted by Gasteiger charge is -2.15. The summed E-state index contributed by atoms with van der Waals surface area (Å²) in [7, 11) is 1.56. The molecule has 24 heavy (non-hydrogen) atoms. The summed E-state index contributed by atoms with van der Waals surface area (Å²) in [5, 5.41) is 10.0. The zero-order valence-corrected chi connectivity index (χ0v) is 14.9. The summed E-state index contributed by atoms with van der Waals surface area (Å²) in [6, 6.07) is 5.28. The van der Waals surface area contributed by atoms with Crippen LogP contribution >= 0.6 is 0 Å². The summed E-state index contributed by atoms with van der Waals surface area (Å²) in [6.45, 7) is 9.49. The number of anilines is 2. The monoisotopic (exact) mass is 332 g/mol. The summed E-state index contributed by atoms with van der Waals surface area (Å²) in [6.07, 6.45) is 0. The summed E-state index contributed by atoms with van der Waals surface area (Å²) < 4.78 is 10.7. The molecule has 1 atom stereocenters. The van der Waals surface area contributed by atoms with Gasteiger partial charge in [-0.1, -0.05) is 25.9 Å². The largest absolute Gasteiger partial charge is 0.494 e. The summed E-state index contributed by atoms with van der Waals surface area (Å²) in [5.41, 5.74) is 1.28. The van der Waals surface area contributed by atoms with Crippen LogP contribution in [0.2, 0.25) is 0 Å². The van der Waals surface area contributed by atoms with Gasteiger partial charge in [-0.15, -0.1) is 0 Å². The molecule has 1 heterocycles. The molecule has 1 aromatic carbocycles. The Kier molecular flexibility index (Phi) is 5.11. The standard InChI is InChI=1S/C17H24N4O3/c1-10(15-20-16(21-24-15)17(3,4)5)18-12-7-8-13(19-11(2)22)14(9-12)23-6/h7-10,18H,1-6H3,(H,19,22)/t10-/m0/s1. The van der Waals surface area contributed by atoms with E-state index < -0.39 is 0 Å². The summed E-state index contributed by atoms with van der Waals surface area (Å²) >= 11 is 0. The number of carbonyl (C=O) groups excluding carboxylic acids is 1. The van der Waals surface area contributed by atoms with Gasteiger partial charge < -0.3 is 19.9 Å². The number of methoxy groups -OCH3 is 1. The zero-order chi connectivity index (χ0) is 17.9. The van der Waals surface area contributed by atoms with Crippen molar-refractivity contribution in [2.24, 2.45) is 0 Å². The minimum Gasteiger partial charge on any atom is -0.494 e. The molecule has 0 bridgehead atoms. The fourth-order valence-corrected chi connectivity index (χ4v) is 2.10.